The van der Waals surface area contributed by atoms with Crippen molar-refractivity contribution in [2.45, 2.75) is 43.9 Å². The molecule has 3 rings (SSSR count). The van der Waals surface area contributed by atoms with Crippen molar-refractivity contribution in [1.29, 1.82) is 0 Å². The summed E-state index contributed by atoms with van der Waals surface area (Å²) in [5.41, 5.74) is 0.388. The average Bonchev–Trinajstić information content (AvgIpc) is 3.17. The average molecular weight is 293 g/mol. The summed E-state index contributed by atoms with van der Waals surface area (Å²) in [6, 6.07) is 0.626. The maximum absolute atomic E-state index is 12.2. The van der Waals surface area contributed by atoms with E-state index in [1.54, 1.807) is 14.2 Å². The van der Waals surface area contributed by atoms with Crippen molar-refractivity contribution >= 4 is 5.91 Å². The highest BCUT2D eigenvalue weighted by molar-refractivity contribution is 5.92. The molecule has 2 aliphatic rings. The first-order chi connectivity index (χ1) is 10.2. The Kier molecular flexibility index (Phi) is 4.21. The molecule has 1 aromatic rings. The van der Waals surface area contributed by atoms with Crippen LogP contribution in [-0.2, 0) is 11.8 Å². The Morgan fingerprint density at radius 3 is 2.95 bits per heavy atom. The highest BCUT2D eigenvalue weighted by Crippen LogP contribution is 2.28. The number of hydrogen-bond acceptors (Lipinski definition) is 5. The van der Waals surface area contributed by atoms with Crippen LogP contribution in [0.1, 0.15) is 36.2 Å². The Balaban J connectivity index is 1.61. The van der Waals surface area contributed by atoms with Gasteiger partial charge in [-0.15, -0.1) is 5.10 Å². The molecule has 1 unspecified atom stereocenters. The maximum Gasteiger partial charge on any atom is 0.273 e. The molecule has 0 radical (unpaired) electrons. The first kappa shape index (κ1) is 14.5. The van der Waals surface area contributed by atoms with Crippen LogP contribution in [0.25, 0.3) is 0 Å². The molecule has 0 spiro atoms. The molecule has 7 heteroatoms. The van der Waals surface area contributed by atoms with Crippen molar-refractivity contribution in [2.24, 2.45) is 7.05 Å². The van der Waals surface area contributed by atoms with E-state index >= 15 is 0 Å². The number of aromatic nitrogens is 3. The van der Waals surface area contributed by atoms with E-state index in [0.29, 0.717) is 17.8 Å². The Bertz CT molecular complexity index is 503. The smallest absolute Gasteiger partial charge is 0.273 e. The predicted octanol–water partition coefficient (Wildman–Crippen LogP) is 0.187. The van der Waals surface area contributed by atoms with Crippen molar-refractivity contribution in [3.63, 3.8) is 0 Å². The van der Waals surface area contributed by atoms with Crippen LogP contribution in [0.5, 0.6) is 0 Å². The summed E-state index contributed by atoms with van der Waals surface area (Å²) in [5.74, 6) is -0.123. The largest absolute Gasteiger partial charge is 0.380 e. The number of methoxy groups -OCH3 is 1. The lowest BCUT2D eigenvalue weighted by atomic mass is 10.1. The van der Waals surface area contributed by atoms with E-state index in [9.17, 15) is 4.79 Å². The van der Waals surface area contributed by atoms with Crippen LogP contribution >= 0.6 is 0 Å². The Hall–Kier alpha value is -1.47. The Labute approximate surface area is 124 Å². The number of aryl methyl sites for hydroxylation is 1. The molecule has 116 valence electrons. The number of likely N-dealkylation sites (tertiary alicyclic amines) is 1. The summed E-state index contributed by atoms with van der Waals surface area (Å²) in [6.07, 6.45) is 6.26. The summed E-state index contributed by atoms with van der Waals surface area (Å²) in [6.45, 7) is 2.03. The zero-order chi connectivity index (χ0) is 14.8. The van der Waals surface area contributed by atoms with Crippen molar-refractivity contribution in [1.82, 2.24) is 25.2 Å². The summed E-state index contributed by atoms with van der Waals surface area (Å²) in [5, 5.41) is 11.1. The minimum absolute atomic E-state index is 0.123. The van der Waals surface area contributed by atoms with Gasteiger partial charge in [-0.1, -0.05) is 0 Å². The fourth-order valence-electron chi connectivity index (χ4n) is 3.49. The predicted molar refractivity (Wildman–Crippen MR) is 76.9 cm³/mol. The minimum atomic E-state index is -0.123. The first-order valence-electron chi connectivity index (χ1n) is 7.61. The Morgan fingerprint density at radius 1 is 1.43 bits per heavy atom. The number of rotatable bonds is 4. The van der Waals surface area contributed by atoms with Crippen LogP contribution in [0.3, 0.4) is 0 Å². The van der Waals surface area contributed by atoms with Crippen LogP contribution in [-0.4, -0.2) is 64.2 Å². The third-order valence-electron chi connectivity index (χ3n) is 4.61. The zero-order valence-corrected chi connectivity index (χ0v) is 12.7. The third-order valence-corrected chi connectivity index (χ3v) is 4.61. The van der Waals surface area contributed by atoms with E-state index in [1.165, 1.54) is 11.0 Å². The number of carbonyl (C=O) groups excluding carboxylic acids is 1. The highest BCUT2D eigenvalue weighted by Gasteiger charge is 2.37. The molecule has 3 atom stereocenters. The first-order valence-corrected chi connectivity index (χ1v) is 7.61. The van der Waals surface area contributed by atoms with Gasteiger partial charge < -0.3 is 10.1 Å². The van der Waals surface area contributed by atoms with Gasteiger partial charge in [0, 0.05) is 39.3 Å². The molecule has 1 aliphatic heterocycles. The monoisotopic (exact) mass is 293 g/mol. The van der Waals surface area contributed by atoms with E-state index in [4.69, 9.17) is 4.74 Å². The second-order valence-corrected chi connectivity index (χ2v) is 5.94. The summed E-state index contributed by atoms with van der Waals surface area (Å²) < 4.78 is 5.44. The number of ether oxygens (including phenoxy) is 1. The van der Waals surface area contributed by atoms with Crippen LogP contribution in [0.4, 0.5) is 0 Å². The summed E-state index contributed by atoms with van der Waals surface area (Å²) in [7, 11) is 3.49. The molecular weight excluding hydrogens is 270 g/mol. The number of amides is 1. The highest BCUT2D eigenvalue weighted by atomic mass is 16.5. The van der Waals surface area contributed by atoms with E-state index in [-0.39, 0.29) is 11.9 Å². The molecule has 0 aromatic carbocycles. The molecule has 1 aromatic heterocycles. The van der Waals surface area contributed by atoms with Gasteiger partial charge in [-0.2, -0.15) is 9.90 Å². The topological polar surface area (TPSA) is 72.3 Å². The summed E-state index contributed by atoms with van der Waals surface area (Å²) in [4.78, 5) is 16.1. The van der Waals surface area contributed by atoms with E-state index in [1.807, 2.05) is 0 Å². The zero-order valence-electron chi connectivity index (χ0n) is 12.7. The number of carbonyl (C=O) groups is 1. The normalized spacial score (nSPS) is 29.9. The van der Waals surface area contributed by atoms with Crippen molar-refractivity contribution in [2.75, 3.05) is 20.2 Å². The van der Waals surface area contributed by atoms with Crippen LogP contribution < -0.4 is 5.32 Å². The minimum Gasteiger partial charge on any atom is -0.380 e. The lowest BCUT2D eigenvalue weighted by Crippen LogP contribution is -2.48. The van der Waals surface area contributed by atoms with Crippen molar-refractivity contribution < 1.29 is 9.53 Å². The quantitative estimate of drug-likeness (QED) is 0.858. The molecule has 1 saturated carbocycles. The fraction of sp³-hybridized carbons (Fsp3) is 0.786. The van der Waals surface area contributed by atoms with Crippen LogP contribution in [0, 0.1) is 0 Å². The molecule has 0 bridgehead atoms. The summed E-state index contributed by atoms with van der Waals surface area (Å²) >= 11 is 0. The van der Waals surface area contributed by atoms with Gasteiger partial charge in [-0.05, 0) is 25.7 Å². The van der Waals surface area contributed by atoms with Gasteiger partial charge in [0.1, 0.15) is 0 Å². The molecule has 1 aliphatic carbocycles. The van der Waals surface area contributed by atoms with Crippen LogP contribution in [0.2, 0.25) is 0 Å². The molecular formula is C14H23N5O2. The lowest BCUT2D eigenvalue weighted by molar-refractivity contribution is 0.0868. The van der Waals surface area contributed by atoms with E-state index in [2.05, 4.69) is 20.4 Å². The van der Waals surface area contributed by atoms with Gasteiger partial charge in [0.25, 0.3) is 5.91 Å². The second-order valence-electron chi connectivity index (χ2n) is 5.94. The standard InChI is InChI=1S/C14H23N5O2/c1-18-15-8-12(17-18)14(20)16-11-4-3-5-13(11)19-7-6-10(9-19)21-2/h8,10-11,13H,3-7,9H2,1-2H3,(H,16,20)/t10?,11-,13+/m1/s1. The molecule has 1 N–H and O–H groups in total. The van der Waals surface area contributed by atoms with Crippen molar-refractivity contribution in [3.05, 3.63) is 11.9 Å². The molecule has 1 amide bonds. The van der Waals surface area contributed by atoms with Gasteiger partial charge in [-0.3, -0.25) is 9.69 Å². The van der Waals surface area contributed by atoms with Gasteiger partial charge in [0.2, 0.25) is 0 Å². The SMILES string of the molecule is COC1CCN([C@H]2CCC[C@H]2NC(=O)c2cnn(C)n2)C1. The van der Waals surface area contributed by atoms with E-state index in [0.717, 1.165) is 38.8 Å². The molecule has 2 heterocycles. The van der Waals surface area contributed by atoms with Gasteiger partial charge in [-0.25, -0.2) is 0 Å². The van der Waals surface area contributed by atoms with Gasteiger partial charge in [0.05, 0.1) is 12.3 Å². The van der Waals surface area contributed by atoms with Gasteiger partial charge in [0.15, 0.2) is 5.69 Å². The Morgan fingerprint density at radius 2 is 2.29 bits per heavy atom. The van der Waals surface area contributed by atoms with E-state index < -0.39 is 0 Å². The molecule has 21 heavy (non-hydrogen) atoms. The van der Waals surface area contributed by atoms with Gasteiger partial charge >= 0.3 is 0 Å². The lowest BCUT2D eigenvalue weighted by Gasteiger charge is -2.29. The number of hydrogen-bond donors (Lipinski definition) is 1. The van der Waals surface area contributed by atoms with Crippen LogP contribution in [0.15, 0.2) is 6.20 Å². The number of nitrogens with zero attached hydrogens (tertiary/aromatic N) is 4. The van der Waals surface area contributed by atoms with Crippen molar-refractivity contribution in [3.8, 4) is 0 Å². The molecule has 7 nitrogen and oxygen atoms in total. The molecule has 2 fully saturated rings. The number of nitrogens with one attached hydrogen (secondary N) is 1. The fourth-order valence-corrected chi connectivity index (χ4v) is 3.49. The maximum atomic E-state index is 12.2. The second kappa shape index (κ2) is 6.11. The molecule has 1 saturated heterocycles. The third kappa shape index (κ3) is 3.08.